The maximum atomic E-state index is 12.6. The Bertz CT molecular complexity index is 1330. The van der Waals surface area contributed by atoms with Crippen molar-refractivity contribution in [2.75, 3.05) is 11.1 Å². The predicted octanol–water partition coefficient (Wildman–Crippen LogP) is 5.42. The molecule has 0 aliphatic rings. The van der Waals surface area contributed by atoms with E-state index in [-0.39, 0.29) is 11.7 Å². The number of hydrogen-bond acceptors (Lipinski definition) is 5. The quantitative estimate of drug-likeness (QED) is 0.284. The number of unbranched alkanes of at least 4 members (excludes halogenated alkanes) is 1. The molecule has 2 amide bonds. The summed E-state index contributed by atoms with van der Waals surface area (Å²) in [6, 6.07) is 23.1. The molecule has 0 aliphatic carbocycles. The molecule has 7 nitrogen and oxygen atoms in total. The van der Waals surface area contributed by atoms with Crippen LogP contribution < -0.4 is 11.1 Å². The van der Waals surface area contributed by atoms with Gasteiger partial charge >= 0.3 is 0 Å². The zero-order valence-electron chi connectivity index (χ0n) is 20.4. The minimum absolute atomic E-state index is 0.151. The van der Waals surface area contributed by atoms with Crippen molar-refractivity contribution >= 4 is 29.3 Å². The number of nitrogens with zero attached hydrogens (tertiary/aromatic N) is 3. The van der Waals surface area contributed by atoms with Crippen molar-refractivity contribution in [3.63, 3.8) is 0 Å². The first-order valence-corrected chi connectivity index (χ1v) is 12.9. The van der Waals surface area contributed by atoms with E-state index in [2.05, 4.69) is 46.7 Å². The van der Waals surface area contributed by atoms with Gasteiger partial charge in [-0.25, -0.2) is 0 Å². The molecule has 0 fully saturated rings. The van der Waals surface area contributed by atoms with E-state index in [1.165, 1.54) is 22.9 Å². The van der Waals surface area contributed by atoms with Crippen LogP contribution in [0.3, 0.4) is 0 Å². The van der Waals surface area contributed by atoms with Crippen molar-refractivity contribution in [2.24, 2.45) is 5.73 Å². The van der Waals surface area contributed by atoms with Gasteiger partial charge in [-0.2, -0.15) is 0 Å². The lowest BCUT2D eigenvalue weighted by molar-refractivity contribution is -0.113. The van der Waals surface area contributed by atoms with E-state index in [0.29, 0.717) is 16.4 Å². The average Bonchev–Trinajstić information content (AvgIpc) is 3.31. The molecular weight excluding hydrogens is 470 g/mol. The molecule has 3 N–H and O–H groups in total. The second-order valence-electron chi connectivity index (χ2n) is 8.56. The van der Waals surface area contributed by atoms with Gasteiger partial charge in [0, 0.05) is 22.5 Å². The zero-order chi connectivity index (χ0) is 25.5. The van der Waals surface area contributed by atoms with Crippen LogP contribution in [0.15, 0.2) is 78.0 Å². The predicted molar refractivity (Wildman–Crippen MR) is 144 cm³/mol. The lowest BCUT2D eigenvalue weighted by Crippen LogP contribution is -2.15. The van der Waals surface area contributed by atoms with Gasteiger partial charge in [-0.1, -0.05) is 67.1 Å². The number of aryl methyl sites for hydroxylation is 2. The van der Waals surface area contributed by atoms with Crippen LogP contribution in [0.4, 0.5) is 5.69 Å². The molecule has 0 saturated heterocycles. The first-order valence-electron chi connectivity index (χ1n) is 11.9. The van der Waals surface area contributed by atoms with Crippen LogP contribution in [-0.2, 0) is 11.2 Å². The number of carbonyl (C=O) groups excluding carboxylic acids is 2. The zero-order valence-corrected chi connectivity index (χ0v) is 21.2. The average molecular weight is 500 g/mol. The molecule has 1 heterocycles. The number of nitrogens with two attached hydrogens (primary N) is 1. The largest absolute Gasteiger partial charge is 0.366 e. The highest BCUT2D eigenvalue weighted by atomic mass is 32.2. The summed E-state index contributed by atoms with van der Waals surface area (Å²) in [6.07, 6.45) is 3.36. The van der Waals surface area contributed by atoms with Gasteiger partial charge in [0.1, 0.15) is 0 Å². The number of thioether (sulfide) groups is 1. The number of aromatic nitrogens is 3. The smallest absolute Gasteiger partial charge is 0.248 e. The number of carbonyl (C=O) groups is 2. The van der Waals surface area contributed by atoms with Gasteiger partial charge in [-0.15, -0.1) is 10.2 Å². The fourth-order valence-electron chi connectivity index (χ4n) is 3.72. The molecular formula is C28H29N5O2S. The normalized spacial score (nSPS) is 10.8. The Morgan fingerprint density at radius 3 is 2.28 bits per heavy atom. The van der Waals surface area contributed by atoms with E-state index in [1.54, 1.807) is 24.3 Å². The molecule has 36 heavy (non-hydrogen) atoms. The van der Waals surface area contributed by atoms with Crippen molar-refractivity contribution in [1.29, 1.82) is 0 Å². The van der Waals surface area contributed by atoms with Gasteiger partial charge in [-0.3, -0.25) is 14.2 Å². The van der Waals surface area contributed by atoms with E-state index >= 15 is 0 Å². The molecule has 0 atom stereocenters. The molecule has 0 radical (unpaired) electrons. The minimum Gasteiger partial charge on any atom is -0.366 e. The summed E-state index contributed by atoms with van der Waals surface area (Å²) >= 11 is 1.32. The van der Waals surface area contributed by atoms with Crippen LogP contribution in [0.1, 0.15) is 41.3 Å². The second-order valence-corrected chi connectivity index (χ2v) is 9.50. The van der Waals surface area contributed by atoms with E-state index in [1.807, 2.05) is 35.8 Å². The minimum atomic E-state index is -0.509. The van der Waals surface area contributed by atoms with Crippen molar-refractivity contribution in [2.45, 2.75) is 38.3 Å². The SMILES string of the molecule is CCCCc1ccc(-n2c(SCC(=O)Nc3ccc(C(N)=O)cc3)nnc2-c2ccc(C)cc2)cc1. The lowest BCUT2D eigenvalue weighted by atomic mass is 10.1. The molecule has 4 aromatic rings. The third kappa shape index (κ3) is 6.20. The van der Waals surface area contributed by atoms with Crippen molar-refractivity contribution in [3.8, 4) is 17.1 Å². The number of primary amides is 1. The van der Waals surface area contributed by atoms with E-state index < -0.39 is 5.91 Å². The molecule has 184 valence electrons. The number of rotatable bonds is 10. The van der Waals surface area contributed by atoms with Crippen LogP contribution in [0, 0.1) is 6.92 Å². The molecule has 0 spiro atoms. The summed E-state index contributed by atoms with van der Waals surface area (Å²) in [7, 11) is 0. The van der Waals surface area contributed by atoms with E-state index in [4.69, 9.17) is 5.73 Å². The van der Waals surface area contributed by atoms with Crippen molar-refractivity contribution in [3.05, 3.63) is 89.5 Å². The highest BCUT2D eigenvalue weighted by Gasteiger charge is 2.17. The highest BCUT2D eigenvalue weighted by molar-refractivity contribution is 7.99. The Morgan fingerprint density at radius 2 is 1.64 bits per heavy atom. The van der Waals surface area contributed by atoms with Gasteiger partial charge in [0.2, 0.25) is 11.8 Å². The van der Waals surface area contributed by atoms with Gasteiger partial charge in [-0.05, 0) is 61.7 Å². The third-order valence-corrected chi connectivity index (χ3v) is 6.67. The van der Waals surface area contributed by atoms with Crippen LogP contribution >= 0.6 is 11.8 Å². The number of nitrogens with one attached hydrogen (secondary N) is 1. The number of anilines is 1. The Kier molecular flexibility index (Phi) is 8.17. The Balaban J connectivity index is 1.55. The van der Waals surface area contributed by atoms with Crippen molar-refractivity contribution < 1.29 is 9.59 Å². The van der Waals surface area contributed by atoms with E-state index in [0.717, 1.165) is 36.3 Å². The monoisotopic (exact) mass is 499 g/mol. The summed E-state index contributed by atoms with van der Waals surface area (Å²) in [5, 5.41) is 12.4. The number of amides is 2. The maximum absolute atomic E-state index is 12.6. The molecule has 1 aromatic heterocycles. The van der Waals surface area contributed by atoms with E-state index in [9.17, 15) is 9.59 Å². The fraction of sp³-hybridized carbons (Fsp3) is 0.214. The third-order valence-electron chi connectivity index (χ3n) is 5.74. The van der Waals surface area contributed by atoms with Crippen LogP contribution in [0.25, 0.3) is 17.1 Å². The van der Waals surface area contributed by atoms with Gasteiger partial charge in [0.25, 0.3) is 0 Å². The van der Waals surface area contributed by atoms with Gasteiger partial charge < -0.3 is 11.1 Å². The van der Waals surface area contributed by atoms with Gasteiger partial charge in [0.15, 0.2) is 11.0 Å². The summed E-state index contributed by atoms with van der Waals surface area (Å²) < 4.78 is 1.99. The molecule has 8 heteroatoms. The van der Waals surface area contributed by atoms with Crippen molar-refractivity contribution in [1.82, 2.24) is 14.8 Å². The molecule has 3 aromatic carbocycles. The lowest BCUT2D eigenvalue weighted by Gasteiger charge is -2.12. The topological polar surface area (TPSA) is 103 Å². The summed E-state index contributed by atoms with van der Waals surface area (Å²) in [5.74, 6) is 0.179. The van der Waals surface area contributed by atoms with Crippen LogP contribution in [0.2, 0.25) is 0 Å². The summed E-state index contributed by atoms with van der Waals surface area (Å²) in [4.78, 5) is 23.9. The molecule has 0 saturated carbocycles. The Labute approximate surface area is 215 Å². The van der Waals surface area contributed by atoms with Gasteiger partial charge in [0.05, 0.1) is 5.75 Å². The molecule has 0 unspecified atom stereocenters. The number of hydrogen-bond donors (Lipinski definition) is 2. The fourth-order valence-corrected chi connectivity index (χ4v) is 4.48. The first-order chi connectivity index (χ1) is 17.4. The Hall–Kier alpha value is -3.91. The summed E-state index contributed by atoms with van der Waals surface area (Å²) in [5.41, 5.74) is 10.6. The Morgan fingerprint density at radius 1 is 0.944 bits per heavy atom. The highest BCUT2D eigenvalue weighted by Crippen LogP contribution is 2.28. The van der Waals surface area contributed by atoms with Crippen LogP contribution in [0.5, 0.6) is 0 Å². The first kappa shape index (κ1) is 25.2. The molecule has 4 rings (SSSR count). The molecule has 0 aliphatic heterocycles. The maximum Gasteiger partial charge on any atom is 0.248 e. The second kappa shape index (κ2) is 11.7. The standard InChI is InChI=1S/C28H29N5O2S/c1-3-4-5-20-8-16-24(17-9-20)33-27(22-10-6-19(2)7-11-22)31-32-28(33)36-18-25(34)30-23-14-12-21(13-15-23)26(29)35/h6-17H,3-5,18H2,1-2H3,(H2,29,35)(H,30,34). The molecule has 0 bridgehead atoms. The van der Waals surface area contributed by atoms with Crippen LogP contribution in [-0.4, -0.2) is 32.3 Å². The summed E-state index contributed by atoms with van der Waals surface area (Å²) in [6.45, 7) is 4.24. The number of benzene rings is 3.